The van der Waals surface area contributed by atoms with E-state index in [-0.39, 0.29) is 24.5 Å². The lowest BCUT2D eigenvalue weighted by Gasteiger charge is -2.38. The molecule has 2 amide bonds. The molecule has 8 heteroatoms. The van der Waals surface area contributed by atoms with Gasteiger partial charge in [-0.25, -0.2) is 4.79 Å². The fourth-order valence-electron chi connectivity index (χ4n) is 5.20. The van der Waals surface area contributed by atoms with Crippen molar-refractivity contribution < 1.29 is 29.0 Å². The number of piperidine rings is 1. The molecule has 1 fully saturated rings. The minimum atomic E-state index is -0.836. The number of aliphatic carboxylic acids is 1. The minimum Gasteiger partial charge on any atom is -0.481 e. The number of hydrogen-bond donors (Lipinski definition) is 2. The zero-order valence-corrected chi connectivity index (χ0v) is 20.1. The van der Waals surface area contributed by atoms with Gasteiger partial charge >= 0.3 is 12.1 Å². The van der Waals surface area contributed by atoms with Crippen molar-refractivity contribution in [2.75, 3.05) is 26.9 Å². The maximum absolute atomic E-state index is 13.3. The molecule has 4 rings (SSSR count). The first-order chi connectivity index (χ1) is 16.9. The Hall–Kier alpha value is -3.39. The molecule has 1 saturated heterocycles. The first-order valence-corrected chi connectivity index (χ1v) is 12.0. The van der Waals surface area contributed by atoms with Gasteiger partial charge in [0.05, 0.1) is 5.92 Å². The molecule has 2 aliphatic rings. The van der Waals surface area contributed by atoms with Crippen molar-refractivity contribution in [1.29, 1.82) is 0 Å². The van der Waals surface area contributed by atoms with E-state index in [4.69, 9.17) is 9.47 Å². The number of carboxylic acids is 1. The predicted octanol–water partition coefficient (Wildman–Crippen LogP) is 3.64. The summed E-state index contributed by atoms with van der Waals surface area (Å²) in [6.07, 6.45) is 0.427. The maximum atomic E-state index is 13.3. The molecular weight excluding hydrogens is 448 g/mol. The highest BCUT2D eigenvalue weighted by Gasteiger charge is 2.36. The summed E-state index contributed by atoms with van der Waals surface area (Å²) in [5, 5.41) is 12.0. The van der Waals surface area contributed by atoms with Crippen LogP contribution in [-0.2, 0) is 19.1 Å². The highest BCUT2D eigenvalue weighted by atomic mass is 16.5. The van der Waals surface area contributed by atoms with Crippen molar-refractivity contribution in [3.8, 4) is 11.1 Å². The quantitative estimate of drug-likeness (QED) is 0.598. The van der Waals surface area contributed by atoms with E-state index in [1.165, 1.54) is 7.11 Å². The molecule has 3 unspecified atom stereocenters. The second kappa shape index (κ2) is 10.9. The lowest BCUT2D eigenvalue weighted by molar-refractivity contribution is -0.148. The van der Waals surface area contributed by atoms with Crippen molar-refractivity contribution in [1.82, 2.24) is 10.2 Å². The van der Waals surface area contributed by atoms with Crippen LogP contribution in [0.3, 0.4) is 0 Å². The molecule has 2 aromatic carbocycles. The van der Waals surface area contributed by atoms with Crippen LogP contribution in [0.25, 0.3) is 11.1 Å². The second-order valence-electron chi connectivity index (χ2n) is 9.24. The monoisotopic (exact) mass is 480 g/mol. The minimum absolute atomic E-state index is 0.0728. The summed E-state index contributed by atoms with van der Waals surface area (Å²) in [4.78, 5) is 39.0. The number of nitrogens with one attached hydrogen (secondary N) is 1. The van der Waals surface area contributed by atoms with Gasteiger partial charge < -0.3 is 24.8 Å². The van der Waals surface area contributed by atoms with Crippen LogP contribution in [0.4, 0.5) is 4.79 Å². The van der Waals surface area contributed by atoms with Crippen molar-refractivity contribution in [3.63, 3.8) is 0 Å². The van der Waals surface area contributed by atoms with Crippen LogP contribution in [0.15, 0.2) is 48.5 Å². The highest BCUT2D eigenvalue weighted by Crippen LogP contribution is 2.44. The second-order valence-corrected chi connectivity index (χ2v) is 9.24. The molecule has 1 heterocycles. The van der Waals surface area contributed by atoms with E-state index in [2.05, 4.69) is 17.4 Å². The van der Waals surface area contributed by atoms with Gasteiger partial charge in [0.15, 0.2) is 0 Å². The number of nitrogens with zero attached hydrogens (tertiary/aromatic N) is 1. The smallest absolute Gasteiger partial charge is 0.407 e. The van der Waals surface area contributed by atoms with E-state index >= 15 is 0 Å². The standard InChI is InChI=1S/C27H32N2O6/c1-17-15-18(26(31)32)11-13-29(17)25(30)24(12-14-34-2)28-27(33)35-16-23-21-9-5-3-7-19(21)20-8-4-6-10-22(20)23/h3-10,17-18,23-24H,11-16H2,1-2H3,(H,28,33)(H,31,32). The number of carboxylic acid groups (broad SMARTS) is 1. The third kappa shape index (κ3) is 5.32. The average molecular weight is 481 g/mol. The Balaban J connectivity index is 1.40. The van der Waals surface area contributed by atoms with Gasteiger partial charge in [0.2, 0.25) is 5.91 Å². The summed E-state index contributed by atoms with van der Waals surface area (Å²) < 4.78 is 10.8. The molecule has 0 aromatic heterocycles. The Bertz CT molecular complexity index is 1040. The van der Waals surface area contributed by atoms with Crippen molar-refractivity contribution in [2.45, 2.75) is 44.2 Å². The van der Waals surface area contributed by atoms with Crippen LogP contribution in [-0.4, -0.2) is 66.9 Å². The summed E-state index contributed by atoms with van der Waals surface area (Å²) in [6.45, 7) is 2.63. The Morgan fingerprint density at radius 2 is 1.71 bits per heavy atom. The number of carbonyl (C=O) groups excluding carboxylic acids is 2. The number of benzene rings is 2. The summed E-state index contributed by atoms with van der Waals surface area (Å²) in [7, 11) is 1.54. The third-order valence-corrected chi connectivity index (χ3v) is 7.05. The molecule has 0 radical (unpaired) electrons. The summed E-state index contributed by atoms with van der Waals surface area (Å²) in [6, 6.07) is 15.2. The van der Waals surface area contributed by atoms with Gasteiger partial charge in [-0.2, -0.15) is 0 Å². The zero-order chi connectivity index (χ0) is 24.9. The fourth-order valence-corrected chi connectivity index (χ4v) is 5.20. The van der Waals surface area contributed by atoms with E-state index in [1.807, 2.05) is 43.3 Å². The third-order valence-electron chi connectivity index (χ3n) is 7.05. The molecule has 1 aliphatic heterocycles. The van der Waals surface area contributed by atoms with Crippen LogP contribution in [0, 0.1) is 5.92 Å². The van der Waals surface area contributed by atoms with E-state index in [0.29, 0.717) is 32.4 Å². The Labute approximate surface area is 205 Å². The molecular formula is C27H32N2O6. The van der Waals surface area contributed by atoms with Crippen LogP contribution in [0.5, 0.6) is 0 Å². The van der Waals surface area contributed by atoms with Gasteiger partial charge in [0.1, 0.15) is 12.6 Å². The number of methoxy groups -OCH3 is 1. The van der Waals surface area contributed by atoms with Crippen LogP contribution in [0.1, 0.15) is 43.2 Å². The Morgan fingerprint density at radius 1 is 1.09 bits per heavy atom. The van der Waals surface area contributed by atoms with Crippen molar-refractivity contribution >= 4 is 18.0 Å². The molecule has 0 saturated carbocycles. The fraction of sp³-hybridized carbons (Fsp3) is 0.444. The first kappa shape index (κ1) is 24.7. The first-order valence-electron chi connectivity index (χ1n) is 12.0. The highest BCUT2D eigenvalue weighted by molar-refractivity contribution is 5.86. The number of alkyl carbamates (subject to hydrolysis) is 1. The van der Waals surface area contributed by atoms with Crippen LogP contribution in [0.2, 0.25) is 0 Å². The Morgan fingerprint density at radius 3 is 2.29 bits per heavy atom. The molecule has 0 bridgehead atoms. The number of ether oxygens (including phenoxy) is 2. The van der Waals surface area contributed by atoms with Gasteiger partial charge in [-0.1, -0.05) is 48.5 Å². The van der Waals surface area contributed by atoms with Crippen LogP contribution < -0.4 is 5.32 Å². The topological polar surface area (TPSA) is 105 Å². The number of hydrogen-bond acceptors (Lipinski definition) is 5. The van der Waals surface area contributed by atoms with Crippen LogP contribution >= 0.6 is 0 Å². The van der Waals surface area contributed by atoms with Gasteiger partial charge in [-0.3, -0.25) is 9.59 Å². The van der Waals surface area contributed by atoms with Crippen molar-refractivity contribution in [3.05, 3.63) is 59.7 Å². The normalized spacial score (nSPS) is 20.0. The SMILES string of the molecule is COCCC(NC(=O)OCC1c2ccccc2-c2ccccc21)C(=O)N1CCC(C(=O)O)CC1C. The maximum Gasteiger partial charge on any atom is 0.407 e. The largest absolute Gasteiger partial charge is 0.481 e. The number of amides is 2. The molecule has 1 aliphatic carbocycles. The molecule has 2 aromatic rings. The summed E-state index contributed by atoms with van der Waals surface area (Å²) >= 11 is 0. The Kier molecular flexibility index (Phi) is 7.70. The van der Waals surface area contributed by atoms with Gasteiger partial charge in [0.25, 0.3) is 0 Å². The van der Waals surface area contributed by atoms with E-state index in [1.54, 1.807) is 4.90 Å². The predicted molar refractivity (Wildman–Crippen MR) is 130 cm³/mol. The summed E-state index contributed by atoms with van der Waals surface area (Å²) in [5.41, 5.74) is 4.51. The molecule has 35 heavy (non-hydrogen) atoms. The van der Waals surface area contributed by atoms with Gasteiger partial charge in [-0.15, -0.1) is 0 Å². The van der Waals surface area contributed by atoms with E-state index in [9.17, 15) is 19.5 Å². The zero-order valence-electron chi connectivity index (χ0n) is 20.1. The molecule has 186 valence electrons. The molecule has 3 atom stereocenters. The lowest BCUT2D eigenvalue weighted by Crippen LogP contribution is -2.54. The molecule has 0 spiro atoms. The molecule has 2 N–H and O–H groups in total. The average Bonchev–Trinajstić information content (AvgIpc) is 3.18. The van der Waals surface area contributed by atoms with E-state index in [0.717, 1.165) is 22.3 Å². The number of rotatable bonds is 8. The number of carbonyl (C=O) groups is 3. The number of fused-ring (bicyclic) bond motifs is 3. The summed E-state index contributed by atoms with van der Waals surface area (Å²) in [5.74, 6) is -1.61. The van der Waals surface area contributed by atoms with Crippen molar-refractivity contribution in [2.24, 2.45) is 5.92 Å². The number of likely N-dealkylation sites (tertiary alicyclic amines) is 1. The molecule has 8 nitrogen and oxygen atoms in total. The van der Waals surface area contributed by atoms with Gasteiger partial charge in [-0.05, 0) is 42.0 Å². The van der Waals surface area contributed by atoms with Gasteiger partial charge in [0, 0.05) is 38.6 Å². The van der Waals surface area contributed by atoms with E-state index < -0.39 is 24.0 Å². The lowest BCUT2D eigenvalue weighted by atomic mass is 9.91.